The maximum Gasteiger partial charge on any atom is 0.317 e. The number of rotatable bonds is 4. The van der Waals surface area contributed by atoms with Crippen LogP contribution in [-0.4, -0.2) is 41.6 Å². The van der Waals surface area contributed by atoms with Crippen molar-refractivity contribution in [3.63, 3.8) is 0 Å². The number of carbonyl (C=O) groups excluding carboxylic acids is 1. The number of hydrogen-bond donors (Lipinski definition) is 2. The standard InChI is InChI=1S/C15H18BrClN2O3/c1-15(13(20)21)5-7-19(9-15)14(22)18-6-4-10-2-3-11(16)8-12(10)17/h2-3,8H,4-7,9H2,1H3,(H,18,22)(H,20,21). The highest BCUT2D eigenvalue weighted by Crippen LogP contribution is 2.30. The molecule has 0 bridgehead atoms. The summed E-state index contributed by atoms with van der Waals surface area (Å²) in [6.45, 7) is 2.84. The average Bonchev–Trinajstić information content (AvgIpc) is 2.85. The number of carboxylic acids is 1. The van der Waals surface area contributed by atoms with Gasteiger partial charge in [-0.15, -0.1) is 0 Å². The molecule has 0 spiro atoms. The van der Waals surface area contributed by atoms with Crippen molar-refractivity contribution in [1.82, 2.24) is 10.2 Å². The van der Waals surface area contributed by atoms with Crippen LogP contribution in [0.25, 0.3) is 0 Å². The zero-order valence-corrected chi connectivity index (χ0v) is 14.6. The number of benzene rings is 1. The highest BCUT2D eigenvalue weighted by Gasteiger charge is 2.42. The molecule has 2 amide bonds. The van der Waals surface area contributed by atoms with E-state index in [2.05, 4.69) is 21.2 Å². The van der Waals surface area contributed by atoms with E-state index in [1.165, 1.54) is 0 Å². The first-order valence-corrected chi connectivity index (χ1v) is 8.19. The van der Waals surface area contributed by atoms with Crippen molar-refractivity contribution in [3.05, 3.63) is 33.3 Å². The molecule has 0 saturated carbocycles. The lowest BCUT2D eigenvalue weighted by Crippen LogP contribution is -2.41. The summed E-state index contributed by atoms with van der Waals surface area (Å²) in [6, 6.07) is 5.41. The number of carboxylic acid groups (broad SMARTS) is 1. The maximum atomic E-state index is 12.1. The molecule has 1 unspecified atom stereocenters. The molecule has 2 rings (SSSR count). The van der Waals surface area contributed by atoms with Crippen LogP contribution in [0.5, 0.6) is 0 Å². The van der Waals surface area contributed by atoms with Crippen LogP contribution in [0.2, 0.25) is 5.02 Å². The molecular formula is C15H18BrClN2O3. The summed E-state index contributed by atoms with van der Waals surface area (Å²) in [6.07, 6.45) is 1.11. The predicted octanol–water partition coefficient (Wildman–Crippen LogP) is 3.15. The van der Waals surface area contributed by atoms with Crippen molar-refractivity contribution in [2.24, 2.45) is 5.41 Å². The van der Waals surface area contributed by atoms with Crippen LogP contribution in [0.4, 0.5) is 4.79 Å². The molecule has 5 nitrogen and oxygen atoms in total. The molecule has 0 radical (unpaired) electrons. The minimum absolute atomic E-state index is 0.224. The highest BCUT2D eigenvalue weighted by molar-refractivity contribution is 9.10. The lowest BCUT2D eigenvalue weighted by molar-refractivity contribution is -0.146. The van der Waals surface area contributed by atoms with Gasteiger partial charge in [-0.25, -0.2) is 4.79 Å². The Hall–Kier alpha value is -1.27. The first kappa shape index (κ1) is 17.1. The van der Waals surface area contributed by atoms with Crippen molar-refractivity contribution < 1.29 is 14.7 Å². The molecule has 2 N–H and O–H groups in total. The van der Waals surface area contributed by atoms with E-state index in [-0.39, 0.29) is 12.6 Å². The van der Waals surface area contributed by atoms with Crippen LogP contribution in [-0.2, 0) is 11.2 Å². The van der Waals surface area contributed by atoms with Crippen LogP contribution in [0.3, 0.4) is 0 Å². The number of nitrogens with one attached hydrogen (secondary N) is 1. The van der Waals surface area contributed by atoms with Gasteiger partial charge in [0.15, 0.2) is 0 Å². The Kier molecular flexibility index (Phi) is 5.34. The van der Waals surface area contributed by atoms with Crippen molar-refractivity contribution in [2.75, 3.05) is 19.6 Å². The van der Waals surface area contributed by atoms with Crippen molar-refractivity contribution >= 4 is 39.5 Å². The number of amides is 2. The summed E-state index contributed by atoms with van der Waals surface area (Å²) in [5, 5.41) is 12.6. The highest BCUT2D eigenvalue weighted by atomic mass is 79.9. The molecule has 120 valence electrons. The molecule has 1 saturated heterocycles. The van der Waals surface area contributed by atoms with E-state index in [0.717, 1.165) is 10.0 Å². The molecule has 0 aromatic heterocycles. The van der Waals surface area contributed by atoms with E-state index in [1.54, 1.807) is 11.8 Å². The van der Waals surface area contributed by atoms with E-state index in [9.17, 15) is 14.7 Å². The molecule has 1 fully saturated rings. The summed E-state index contributed by atoms with van der Waals surface area (Å²) in [7, 11) is 0. The molecule has 1 heterocycles. The van der Waals surface area contributed by atoms with Gasteiger partial charge >= 0.3 is 12.0 Å². The first-order chi connectivity index (χ1) is 10.3. The monoisotopic (exact) mass is 388 g/mol. The summed E-state index contributed by atoms with van der Waals surface area (Å²) >= 11 is 9.47. The lowest BCUT2D eigenvalue weighted by atomic mass is 9.90. The Balaban J connectivity index is 1.83. The van der Waals surface area contributed by atoms with E-state index >= 15 is 0 Å². The Morgan fingerprint density at radius 2 is 2.23 bits per heavy atom. The maximum absolute atomic E-state index is 12.1. The molecule has 1 aliphatic rings. The molecule has 7 heteroatoms. The molecule has 0 aliphatic carbocycles. The van der Waals surface area contributed by atoms with Crippen molar-refractivity contribution in [1.29, 1.82) is 0 Å². The van der Waals surface area contributed by atoms with Gasteiger partial charge < -0.3 is 15.3 Å². The van der Waals surface area contributed by atoms with Gasteiger partial charge in [0.1, 0.15) is 0 Å². The van der Waals surface area contributed by atoms with Crippen molar-refractivity contribution in [3.8, 4) is 0 Å². The van der Waals surface area contributed by atoms with E-state index < -0.39 is 11.4 Å². The third kappa shape index (κ3) is 3.93. The molecule has 1 aromatic rings. The quantitative estimate of drug-likeness (QED) is 0.831. The van der Waals surface area contributed by atoms with Gasteiger partial charge in [-0.3, -0.25) is 4.79 Å². The first-order valence-electron chi connectivity index (χ1n) is 7.02. The zero-order valence-electron chi connectivity index (χ0n) is 12.2. The van der Waals surface area contributed by atoms with Gasteiger partial charge in [0.05, 0.1) is 5.41 Å². The minimum atomic E-state index is -0.857. The van der Waals surface area contributed by atoms with Gasteiger partial charge in [0.2, 0.25) is 0 Å². The summed E-state index contributed by atoms with van der Waals surface area (Å²) in [5.41, 5.74) is 0.119. The molecule has 1 aliphatic heterocycles. The summed E-state index contributed by atoms with van der Waals surface area (Å²) < 4.78 is 0.912. The summed E-state index contributed by atoms with van der Waals surface area (Å²) in [5.74, 6) is -0.857. The third-order valence-corrected chi connectivity index (χ3v) is 4.81. The molecule has 22 heavy (non-hydrogen) atoms. The van der Waals surface area contributed by atoms with Gasteiger partial charge in [-0.2, -0.15) is 0 Å². The van der Waals surface area contributed by atoms with Crippen LogP contribution in [0.15, 0.2) is 22.7 Å². The van der Waals surface area contributed by atoms with Crippen molar-refractivity contribution in [2.45, 2.75) is 19.8 Å². The minimum Gasteiger partial charge on any atom is -0.481 e. The van der Waals surface area contributed by atoms with Gasteiger partial charge in [-0.1, -0.05) is 33.6 Å². The number of halogens is 2. The lowest BCUT2D eigenvalue weighted by Gasteiger charge is -2.20. The van der Waals surface area contributed by atoms with Gasteiger partial charge in [-0.05, 0) is 37.5 Å². The van der Waals surface area contributed by atoms with Gasteiger partial charge in [0, 0.05) is 29.1 Å². The average molecular weight is 390 g/mol. The number of nitrogens with zero attached hydrogens (tertiary/aromatic N) is 1. The largest absolute Gasteiger partial charge is 0.481 e. The normalized spacial score (nSPS) is 21.0. The number of urea groups is 1. The van der Waals surface area contributed by atoms with Crippen LogP contribution in [0.1, 0.15) is 18.9 Å². The smallest absolute Gasteiger partial charge is 0.317 e. The Bertz CT molecular complexity index is 596. The topological polar surface area (TPSA) is 69.6 Å². The SMILES string of the molecule is CC1(C(=O)O)CCN(C(=O)NCCc2ccc(Br)cc2Cl)C1. The second-order valence-corrected chi connectivity index (χ2v) is 7.08. The molecule has 1 aromatic carbocycles. The van der Waals surface area contributed by atoms with Crippen LogP contribution >= 0.6 is 27.5 Å². The number of likely N-dealkylation sites (tertiary alicyclic amines) is 1. The predicted molar refractivity (Wildman–Crippen MR) is 88.2 cm³/mol. The van der Waals surface area contributed by atoms with E-state index in [0.29, 0.717) is 31.0 Å². The Labute approximate surface area is 142 Å². The second kappa shape index (κ2) is 6.87. The van der Waals surface area contributed by atoms with Gasteiger partial charge in [0.25, 0.3) is 0 Å². The van der Waals surface area contributed by atoms with E-state index in [1.807, 2.05) is 18.2 Å². The zero-order chi connectivity index (χ0) is 16.3. The fraction of sp³-hybridized carbons (Fsp3) is 0.467. The number of aliphatic carboxylic acids is 1. The van der Waals surface area contributed by atoms with Crippen LogP contribution < -0.4 is 5.32 Å². The molecular weight excluding hydrogens is 372 g/mol. The van der Waals surface area contributed by atoms with Crippen LogP contribution in [0, 0.1) is 5.41 Å². The van der Waals surface area contributed by atoms with E-state index in [4.69, 9.17) is 11.6 Å². The third-order valence-electron chi connectivity index (χ3n) is 3.96. The second-order valence-electron chi connectivity index (χ2n) is 5.76. The Morgan fingerprint density at radius 1 is 1.50 bits per heavy atom. The fourth-order valence-electron chi connectivity index (χ4n) is 2.45. The Morgan fingerprint density at radius 3 is 2.82 bits per heavy atom. The summed E-state index contributed by atoms with van der Waals surface area (Å²) in [4.78, 5) is 24.8. The number of hydrogen-bond acceptors (Lipinski definition) is 2. The molecule has 1 atom stereocenters. The fourth-order valence-corrected chi connectivity index (χ4v) is 3.22. The number of carbonyl (C=O) groups is 2.